The Labute approximate surface area is 152 Å². The number of H-pyrrole nitrogens is 1. The molecule has 0 fully saturated rings. The second kappa shape index (κ2) is 17.1. The number of nitrogens with one attached hydrogen (secondary N) is 1. The van der Waals surface area contributed by atoms with Crippen LogP contribution in [0.5, 0.6) is 0 Å². The van der Waals surface area contributed by atoms with E-state index in [9.17, 15) is 0 Å². The molecule has 1 N–H and O–H groups in total. The van der Waals surface area contributed by atoms with Gasteiger partial charge in [0.05, 0.1) is 0 Å². The van der Waals surface area contributed by atoms with Crippen LogP contribution in [0.3, 0.4) is 0 Å². The molecule has 1 rings (SSSR count). The predicted octanol–water partition coefficient (Wildman–Crippen LogP) is 8.21. The Balaban J connectivity index is 1.66. The molecule has 0 aliphatic heterocycles. The Hall–Kier alpha value is -0.720. The minimum Gasteiger partial charge on any atom is -0.365 e. The average Bonchev–Trinajstić information content (AvgIpc) is 3.11. The third-order valence-electron chi connectivity index (χ3n) is 5.21. The zero-order chi connectivity index (χ0) is 17.1. The molecular formula is C23H43N. The lowest BCUT2D eigenvalue weighted by Crippen LogP contribution is -1.86. The zero-order valence-corrected chi connectivity index (χ0v) is 16.5. The number of rotatable bonds is 18. The van der Waals surface area contributed by atoms with Crippen molar-refractivity contribution in [1.82, 2.24) is 4.98 Å². The van der Waals surface area contributed by atoms with Gasteiger partial charge in [-0.1, -0.05) is 110 Å². The van der Waals surface area contributed by atoms with Crippen molar-refractivity contribution in [2.75, 3.05) is 0 Å². The highest BCUT2D eigenvalue weighted by Gasteiger charge is 1.96. The second-order valence-corrected chi connectivity index (χ2v) is 7.60. The molecule has 0 bridgehead atoms. The summed E-state index contributed by atoms with van der Waals surface area (Å²) in [5, 5.41) is 0. The lowest BCUT2D eigenvalue weighted by Gasteiger charge is -2.03. The fraction of sp³-hybridized carbons (Fsp3) is 0.826. The summed E-state index contributed by atoms with van der Waals surface area (Å²) >= 11 is 0. The van der Waals surface area contributed by atoms with Gasteiger partial charge in [-0.15, -0.1) is 0 Å². The summed E-state index contributed by atoms with van der Waals surface area (Å²) in [6.07, 6.45) is 27.9. The van der Waals surface area contributed by atoms with Gasteiger partial charge in [-0.2, -0.15) is 0 Å². The molecule has 140 valence electrons. The molecule has 1 heteroatoms. The van der Waals surface area contributed by atoms with Crippen LogP contribution in [-0.2, 0) is 6.42 Å². The number of unbranched alkanes of at least 4 members (excludes halogenated alkanes) is 16. The van der Waals surface area contributed by atoms with Crippen molar-refractivity contribution in [3.63, 3.8) is 0 Å². The highest BCUT2D eigenvalue weighted by Crippen LogP contribution is 2.14. The maximum Gasteiger partial charge on any atom is 0.0147 e. The fourth-order valence-corrected chi connectivity index (χ4v) is 3.56. The molecular weight excluding hydrogens is 290 g/mol. The summed E-state index contributed by atoms with van der Waals surface area (Å²) < 4.78 is 0. The van der Waals surface area contributed by atoms with Gasteiger partial charge in [0.1, 0.15) is 0 Å². The molecule has 0 radical (unpaired) electrons. The zero-order valence-electron chi connectivity index (χ0n) is 16.5. The van der Waals surface area contributed by atoms with Gasteiger partial charge < -0.3 is 4.98 Å². The van der Waals surface area contributed by atoms with Gasteiger partial charge in [-0.3, -0.25) is 0 Å². The Kier molecular flexibility index (Phi) is 15.2. The van der Waals surface area contributed by atoms with E-state index in [-0.39, 0.29) is 0 Å². The molecule has 0 aliphatic carbocycles. The molecule has 1 aromatic heterocycles. The SMILES string of the molecule is CCCCCCCCCCCCCCCCCCCc1ccc[nH]1. The van der Waals surface area contributed by atoms with Crippen molar-refractivity contribution in [1.29, 1.82) is 0 Å². The van der Waals surface area contributed by atoms with Crippen LogP contribution in [0.2, 0.25) is 0 Å². The quantitative estimate of drug-likeness (QED) is 0.260. The van der Waals surface area contributed by atoms with Gasteiger partial charge in [-0.25, -0.2) is 0 Å². The summed E-state index contributed by atoms with van der Waals surface area (Å²) in [6, 6.07) is 4.30. The third kappa shape index (κ3) is 13.7. The van der Waals surface area contributed by atoms with Crippen molar-refractivity contribution < 1.29 is 0 Å². The molecule has 0 aromatic carbocycles. The first-order chi connectivity index (χ1) is 11.9. The Bertz CT molecular complexity index is 328. The lowest BCUT2D eigenvalue weighted by atomic mass is 10.0. The standard InChI is InChI=1S/C23H43N/c1-2-3-4-5-6-7-8-9-10-11-12-13-14-15-16-17-18-20-23-21-19-22-24-23/h19,21-22,24H,2-18,20H2,1H3. The third-order valence-corrected chi connectivity index (χ3v) is 5.21. The normalized spacial score (nSPS) is 11.2. The first kappa shape index (κ1) is 21.3. The molecule has 0 aliphatic rings. The highest BCUT2D eigenvalue weighted by atomic mass is 14.7. The predicted molar refractivity (Wildman–Crippen MR) is 109 cm³/mol. The van der Waals surface area contributed by atoms with Gasteiger partial charge in [0.2, 0.25) is 0 Å². The second-order valence-electron chi connectivity index (χ2n) is 7.60. The number of hydrogen-bond donors (Lipinski definition) is 1. The molecule has 0 spiro atoms. The van der Waals surface area contributed by atoms with Crippen molar-refractivity contribution in [2.24, 2.45) is 0 Å². The largest absolute Gasteiger partial charge is 0.365 e. The van der Waals surface area contributed by atoms with Crippen LogP contribution < -0.4 is 0 Å². The highest BCUT2D eigenvalue weighted by molar-refractivity contribution is 5.03. The van der Waals surface area contributed by atoms with E-state index in [0.717, 1.165) is 0 Å². The molecule has 0 saturated carbocycles. The smallest absolute Gasteiger partial charge is 0.0147 e. The summed E-state index contributed by atoms with van der Waals surface area (Å²) in [4.78, 5) is 3.29. The molecule has 0 atom stereocenters. The Morgan fingerprint density at radius 3 is 1.38 bits per heavy atom. The minimum atomic E-state index is 1.23. The van der Waals surface area contributed by atoms with Gasteiger partial charge >= 0.3 is 0 Å². The monoisotopic (exact) mass is 333 g/mol. The van der Waals surface area contributed by atoms with Crippen molar-refractivity contribution in [3.05, 3.63) is 24.0 Å². The number of aromatic amines is 1. The molecule has 1 nitrogen and oxygen atoms in total. The summed E-state index contributed by atoms with van der Waals surface area (Å²) in [7, 11) is 0. The Morgan fingerprint density at radius 1 is 0.583 bits per heavy atom. The van der Waals surface area contributed by atoms with E-state index in [1.54, 1.807) is 0 Å². The van der Waals surface area contributed by atoms with E-state index in [1.165, 1.54) is 121 Å². The molecule has 0 unspecified atom stereocenters. The van der Waals surface area contributed by atoms with Crippen molar-refractivity contribution in [2.45, 2.75) is 122 Å². The van der Waals surface area contributed by atoms with E-state index < -0.39 is 0 Å². The topological polar surface area (TPSA) is 15.8 Å². The average molecular weight is 334 g/mol. The van der Waals surface area contributed by atoms with Crippen molar-refractivity contribution >= 4 is 0 Å². The molecule has 24 heavy (non-hydrogen) atoms. The van der Waals surface area contributed by atoms with Crippen LogP contribution in [0.1, 0.15) is 122 Å². The van der Waals surface area contributed by atoms with Crippen LogP contribution in [0.15, 0.2) is 18.3 Å². The molecule has 0 amide bonds. The minimum absolute atomic E-state index is 1.23. The van der Waals surface area contributed by atoms with E-state index in [0.29, 0.717) is 0 Å². The van der Waals surface area contributed by atoms with E-state index in [2.05, 4.69) is 24.0 Å². The fourth-order valence-electron chi connectivity index (χ4n) is 3.56. The molecule has 0 saturated heterocycles. The maximum absolute atomic E-state index is 3.29. The van der Waals surface area contributed by atoms with Crippen LogP contribution in [-0.4, -0.2) is 4.98 Å². The van der Waals surface area contributed by atoms with Gasteiger partial charge in [0.25, 0.3) is 0 Å². The van der Waals surface area contributed by atoms with Gasteiger partial charge in [0.15, 0.2) is 0 Å². The van der Waals surface area contributed by atoms with Crippen LogP contribution in [0.25, 0.3) is 0 Å². The van der Waals surface area contributed by atoms with Crippen LogP contribution in [0, 0.1) is 0 Å². The first-order valence-electron chi connectivity index (χ1n) is 11.1. The van der Waals surface area contributed by atoms with E-state index in [4.69, 9.17) is 0 Å². The summed E-state index contributed by atoms with van der Waals surface area (Å²) in [5.74, 6) is 0. The Morgan fingerprint density at radius 2 is 1.00 bits per heavy atom. The van der Waals surface area contributed by atoms with Crippen LogP contribution >= 0.6 is 0 Å². The maximum atomic E-state index is 3.29. The van der Waals surface area contributed by atoms with Crippen molar-refractivity contribution in [3.8, 4) is 0 Å². The molecule has 1 heterocycles. The summed E-state index contributed by atoms with van der Waals surface area (Å²) in [6.45, 7) is 2.30. The summed E-state index contributed by atoms with van der Waals surface area (Å²) in [5.41, 5.74) is 1.40. The number of aromatic nitrogens is 1. The van der Waals surface area contributed by atoms with E-state index in [1.807, 2.05) is 6.20 Å². The number of aryl methyl sites for hydroxylation is 1. The molecule has 1 aromatic rings. The van der Waals surface area contributed by atoms with Gasteiger partial charge in [-0.05, 0) is 25.0 Å². The first-order valence-corrected chi connectivity index (χ1v) is 11.1. The lowest BCUT2D eigenvalue weighted by molar-refractivity contribution is 0.527. The van der Waals surface area contributed by atoms with Crippen LogP contribution in [0.4, 0.5) is 0 Å². The van der Waals surface area contributed by atoms with E-state index >= 15 is 0 Å². The van der Waals surface area contributed by atoms with Gasteiger partial charge in [0, 0.05) is 11.9 Å². The number of hydrogen-bond acceptors (Lipinski definition) is 0.